The average molecular weight is 373 g/mol. The summed E-state index contributed by atoms with van der Waals surface area (Å²) in [7, 11) is 0. The topological polar surface area (TPSA) is 23.6 Å². The SMILES string of the molecule is CC(C)C1CC(C(=O)N2CCSCC2CN2CCCC2)c2ccccc21. The van der Waals surface area contributed by atoms with Gasteiger partial charge in [0.15, 0.2) is 0 Å². The molecule has 1 aromatic rings. The Hall–Kier alpha value is -1.00. The third-order valence-corrected chi connectivity index (χ3v) is 7.63. The number of hydrogen-bond donors (Lipinski definition) is 0. The fourth-order valence-corrected chi connectivity index (χ4v) is 6.15. The van der Waals surface area contributed by atoms with Crippen molar-refractivity contribution in [3.63, 3.8) is 0 Å². The molecule has 3 atom stereocenters. The summed E-state index contributed by atoms with van der Waals surface area (Å²) in [5.41, 5.74) is 2.72. The number of carbonyl (C=O) groups excluding carboxylic acids is 1. The Labute approximate surface area is 162 Å². The van der Waals surface area contributed by atoms with Crippen LogP contribution in [0, 0.1) is 5.92 Å². The van der Waals surface area contributed by atoms with Gasteiger partial charge in [0.05, 0.1) is 12.0 Å². The summed E-state index contributed by atoms with van der Waals surface area (Å²) in [5.74, 6) is 3.77. The second-order valence-corrected chi connectivity index (χ2v) is 9.69. The minimum absolute atomic E-state index is 0.0720. The van der Waals surface area contributed by atoms with Crippen LogP contribution in [0.4, 0.5) is 0 Å². The third-order valence-electron chi connectivity index (χ3n) is 6.54. The Kier molecular flexibility index (Phi) is 5.61. The van der Waals surface area contributed by atoms with E-state index in [1.54, 1.807) is 0 Å². The zero-order valence-electron chi connectivity index (χ0n) is 16.2. The number of hydrogen-bond acceptors (Lipinski definition) is 3. The number of likely N-dealkylation sites (tertiary alicyclic amines) is 1. The van der Waals surface area contributed by atoms with Gasteiger partial charge in [-0.15, -0.1) is 0 Å². The predicted molar refractivity (Wildman–Crippen MR) is 110 cm³/mol. The lowest BCUT2D eigenvalue weighted by molar-refractivity contribution is -0.135. The average Bonchev–Trinajstić information content (AvgIpc) is 3.29. The maximum absolute atomic E-state index is 13.6. The van der Waals surface area contributed by atoms with Crippen LogP contribution in [0.1, 0.15) is 56.1 Å². The third kappa shape index (κ3) is 3.55. The second kappa shape index (κ2) is 7.93. The number of fused-ring (bicyclic) bond motifs is 1. The molecule has 1 amide bonds. The zero-order chi connectivity index (χ0) is 18.1. The van der Waals surface area contributed by atoms with Gasteiger partial charge in [-0.3, -0.25) is 4.79 Å². The van der Waals surface area contributed by atoms with Gasteiger partial charge in [-0.1, -0.05) is 38.1 Å². The first kappa shape index (κ1) is 18.4. The van der Waals surface area contributed by atoms with E-state index in [0.29, 0.717) is 23.8 Å². The van der Waals surface area contributed by atoms with Crippen molar-refractivity contribution < 1.29 is 4.79 Å². The molecule has 4 rings (SSSR count). The fourth-order valence-electron chi connectivity index (χ4n) is 5.10. The van der Waals surface area contributed by atoms with Gasteiger partial charge >= 0.3 is 0 Å². The first-order chi connectivity index (χ1) is 12.6. The monoisotopic (exact) mass is 372 g/mol. The van der Waals surface area contributed by atoms with Crippen molar-refractivity contribution in [3.05, 3.63) is 35.4 Å². The lowest BCUT2D eigenvalue weighted by Gasteiger charge is -2.39. The summed E-state index contributed by atoms with van der Waals surface area (Å²) in [5, 5.41) is 0. The van der Waals surface area contributed by atoms with E-state index >= 15 is 0 Å². The Morgan fingerprint density at radius 2 is 1.88 bits per heavy atom. The van der Waals surface area contributed by atoms with Crippen LogP contribution in [0.15, 0.2) is 24.3 Å². The molecule has 3 aliphatic rings. The van der Waals surface area contributed by atoms with Crippen LogP contribution < -0.4 is 0 Å². The normalized spacial score (nSPS) is 29.3. The second-order valence-electron chi connectivity index (χ2n) is 8.54. The molecule has 2 aliphatic heterocycles. The van der Waals surface area contributed by atoms with E-state index < -0.39 is 0 Å². The Morgan fingerprint density at radius 1 is 1.15 bits per heavy atom. The summed E-state index contributed by atoms with van der Waals surface area (Å²) < 4.78 is 0. The molecule has 0 spiro atoms. The number of benzene rings is 1. The molecule has 26 heavy (non-hydrogen) atoms. The first-order valence-corrected chi connectivity index (χ1v) is 11.5. The number of carbonyl (C=O) groups is 1. The van der Waals surface area contributed by atoms with E-state index in [0.717, 1.165) is 31.0 Å². The summed E-state index contributed by atoms with van der Waals surface area (Å²) in [6.07, 6.45) is 3.63. The molecule has 2 saturated heterocycles. The van der Waals surface area contributed by atoms with Crippen LogP contribution in [0.5, 0.6) is 0 Å². The molecule has 3 nitrogen and oxygen atoms in total. The molecule has 1 aromatic carbocycles. The lowest BCUT2D eigenvalue weighted by Crippen LogP contribution is -2.52. The van der Waals surface area contributed by atoms with E-state index in [9.17, 15) is 4.79 Å². The van der Waals surface area contributed by atoms with E-state index in [1.165, 1.54) is 37.1 Å². The minimum Gasteiger partial charge on any atom is -0.336 e. The van der Waals surface area contributed by atoms with Gasteiger partial charge in [-0.25, -0.2) is 0 Å². The molecule has 2 fully saturated rings. The quantitative estimate of drug-likeness (QED) is 0.799. The maximum Gasteiger partial charge on any atom is 0.230 e. The lowest BCUT2D eigenvalue weighted by atomic mass is 9.89. The van der Waals surface area contributed by atoms with E-state index in [4.69, 9.17) is 0 Å². The van der Waals surface area contributed by atoms with Crippen molar-refractivity contribution in [1.82, 2.24) is 9.80 Å². The summed E-state index contributed by atoms with van der Waals surface area (Å²) in [6.45, 7) is 9.01. The molecule has 0 saturated carbocycles. The van der Waals surface area contributed by atoms with Gasteiger partial charge in [0, 0.05) is 24.6 Å². The molecule has 0 bridgehead atoms. The molecule has 0 radical (unpaired) electrons. The number of amides is 1. The van der Waals surface area contributed by atoms with Crippen molar-refractivity contribution in [2.75, 3.05) is 37.7 Å². The van der Waals surface area contributed by atoms with Crippen molar-refractivity contribution >= 4 is 17.7 Å². The molecule has 0 aromatic heterocycles. The molecule has 142 valence electrons. The van der Waals surface area contributed by atoms with Crippen LogP contribution in [0.3, 0.4) is 0 Å². The number of rotatable bonds is 4. The fraction of sp³-hybridized carbons (Fsp3) is 0.682. The summed E-state index contributed by atoms with van der Waals surface area (Å²) >= 11 is 2.02. The van der Waals surface area contributed by atoms with Crippen LogP contribution >= 0.6 is 11.8 Å². The van der Waals surface area contributed by atoms with Crippen LogP contribution in [-0.2, 0) is 4.79 Å². The molecular weight excluding hydrogens is 340 g/mol. The Bertz CT molecular complexity index is 641. The smallest absolute Gasteiger partial charge is 0.230 e. The van der Waals surface area contributed by atoms with E-state index in [1.807, 2.05) is 11.8 Å². The molecule has 1 aliphatic carbocycles. The molecule has 3 unspecified atom stereocenters. The van der Waals surface area contributed by atoms with Gasteiger partial charge in [0.25, 0.3) is 0 Å². The van der Waals surface area contributed by atoms with Crippen LogP contribution in [-0.4, -0.2) is 59.4 Å². The molecule has 2 heterocycles. The largest absolute Gasteiger partial charge is 0.336 e. The number of thioether (sulfide) groups is 1. The van der Waals surface area contributed by atoms with Crippen molar-refractivity contribution in [1.29, 1.82) is 0 Å². The van der Waals surface area contributed by atoms with Gasteiger partial charge in [0.1, 0.15) is 0 Å². The highest BCUT2D eigenvalue weighted by molar-refractivity contribution is 7.99. The standard InChI is InChI=1S/C22H32N2OS/c1-16(2)20-13-21(19-8-4-3-7-18(19)20)22(25)24-11-12-26-15-17(24)14-23-9-5-6-10-23/h3-4,7-8,16-17,20-21H,5-6,9-15H2,1-2H3. The molecule has 4 heteroatoms. The van der Waals surface area contributed by atoms with Gasteiger partial charge < -0.3 is 9.80 Å². The van der Waals surface area contributed by atoms with Gasteiger partial charge in [-0.05, 0) is 55.3 Å². The van der Waals surface area contributed by atoms with E-state index in [2.05, 4.69) is 47.9 Å². The molecule has 0 N–H and O–H groups in total. The van der Waals surface area contributed by atoms with Crippen molar-refractivity contribution in [2.24, 2.45) is 5.92 Å². The van der Waals surface area contributed by atoms with Crippen LogP contribution in [0.2, 0.25) is 0 Å². The van der Waals surface area contributed by atoms with Crippen molar-refractivity contribution in [3.8, 4) is 0 Å². The number of nitrogens with zero attached hydrogens (tertiary/aromatic N) is 2. The Balaban J connectivity index is 1.53. The Morgan fingerprint density at radius 3 is 2.62 bits per heavy atom. The van der Waals surface area contributed by atoms with Crippen LogP contribution in [0.25, 0.3) is 0 Å². The summed E-state index contributed by atoms with van der Waals surface area (Å²) in [6, 6.07) is 9.09. The predicted octanol–water partition coefficient (Wildman–Crippen LogP) is 3.95. The minimum atomic E-state index is 0.0720. The first-order valence-electron chi connectivity index (χ1n) is 10.3. The highest BCUT2D eigenvalue weighted by atomic mass is 32.2. The maximum atomic E-state index is 13.6. The zero-order valence-corrected chi connectivity index (χ0v) is 17.0. The highest BCUT2D eigenvalue weighted by Crippen LogP contribution is 2.46. The van der Waals surface area contributed by atoms with E-state index in [-0.39, 0.29) is 5.92 Å². The summed E-state index contributed by atoms with van der Waals surface area (Å²) in [4.78, 5) is 18.4. The van der Waals surface area contributed by atoms with Gasteiger partial charge in [-0.2, -0.15) is 11.8 Å². The van der Waals surface area contributed by atoms with Crippen molar-refractivity contribution in [2.45, 2.75) is 51.0 Å². The highest BCUT2D eigenvalue weighted by Gasteiger charge is 2.40. The van der Waals surface area contributed by atoms with Gasteiger partial charge in [0.2, 0.25) is 5.91 Å². The molecular formula is C22H32N2OS.